The van der Waals surface area contributed by atoms with Gasteiger partial charge in [-0.3, -0.25) is 0 Å². The smallest absolute Gasteiger partial charge is 0.246 e. The standard InChI is InChI=1S/C8H10F8S2/c9-5(1-7(11,12)13)3-17-18-4-6(10)2-8(14,15)16/h5-6H,1-4H2. The molecule has 18 heavy (non-hydrogen) atoms. The molecule has 0 saturated carbocycles. The van der Waals surface area contributed by atoms with Gasteiger partial charge in [-0.05, 0) is 0 Å². The second-order valence-corrected chi connectivity index (χ2v) is 5.95. The minimum atomic E-state index is -4.62. The summed E-state index contributed by atoms with van der Waals surface area (Å²) in [4.78, 5) is 0. The maximum absolute atomic E-state index is 12.7. The van der Waals surface area contributed by atoms with Gasteiger partial charge >= 0.3 is 12.4 Å². The van der Waals surface area contributed by atoms with E-state index in [-0.39, 0.29) is 0 Å². The summed E-state index contributed by atoms with van der Waals surface area (Å²) in [5, 5.41) is 0. The first kappa shape index (κ1) is 18.1. The summed E-state index contributed by atoms with van der Waals surface area (Å²) >= 11 is 0. The molecule has 2 unspecified atom stereocenters. The van der Waals surface area contributed by atoms with Crippen molar-refractivity contribution >= 4 is 21.6 Å². The van der Waals surface area contributed by atoms with Crippen LogP contribution in [0.2, 0.25) is 0 Å². The van der Waals surface area contributed by atoms with Gasteiger partial charge in [-0.25, -0.2) is 8.78 Å². The van der Waals surface area contributed by atoms with Crippen LogP contribution in [-0.4, -0.2) is 36.2 Å². The number of rotatable bonds is 7. The first-order chi connectivity index (χ1) is 7.99. The molecule has 0 heterocycles. The maximum Gasteiger partial charge on any atom is 0.391 e. The zero-order valence-corrected chi connectivity index (χ0v) is 10.5. The van der Waals surface area contributed by atoms with Gasteiger partial charge in [-0.15, -0.1) is 0 Å². The minimum Gasteiger partial charge on any atom is -0.246 e. The van der Waals surface area contributed by atoms with Crippen LogP contribution in [0.1, 0.15) is 12.8 Å². The first-order valence-corrected chi connectivity index (χ1v) is 7.14. The average Bonchev–Trinajstić information content (AvgIpc) is 2.06. The molecule has 0 aromatic carbocycles. The van der Waals surface area contributed by atoms with E-state index in [0.29, 0.717) is 21.6 Å². The lowest BCUT2D eigenvalue weighted by atomic mass is 10.3. The van der Waals surface area contributed by atoms with Gasteiger partial charge in [0.25, 0.3) is 0 Å². The van der Waals surface area contributed by atoms with Crippen molar-refractivity contribution in [2.75, 3.05) is 11.5 Å². The first-order valence-electron chi connectivity index (χ1n) is 4.65. The molecule has 0 bridgehead atoms. The number of hydrogen-bond donors (Lipinski definition) is 0. The van der Waals surface area contributed by atoms with Crippen LogP contribution in [-0.2, 0) is 0 Å². The van der Waals surface area contributed by atoms with Crippen molar-refractivity contribution in [2.45, 2.75) is 37.5 Å². The van der Waals surface area contributed by atoms with Crippen molar-refractivity contribution in [1.82, 2.24) is 0 Å². The molecule has 0 radical (unpaired) electrons. The number of alkyl halides is 8. The molecular formula is C8H10F8S2. The lowest BCUT2D eigenvalue weighted by molar-refractivity contribution is -0.145. The van der Waals surface area contributed by atoms with Crippen LogP contribution >= 0.6 is 21.6 Å². The van der Waals surface area contributed by atoms with E-state index >= 15 is 0 Å². The summed E-state index contributed by atoms with van der Waals surface area (Å²) in [6, 6.07) is 0. The Hall–Kier alpha value is 0.140. The Bertz CT molecular complexity index is 202. The van der Waals surface area contributed by atoms with Gasteiger partial charge in [0.05, 0.1) is 12.8 Å². The van der Waals surface area contributed by atoms with Crippen molar-refractivity contribution in [2.24, 2.45) is 0 Å². The van der Waals surface area contributed by atoms with Crippen molar-refractivity contribution in [3.8, 4) is 0 Å². The molecule has 0 amide bonds. The fourth-order valence-electron chi connectivity index (χ4n) is 0.864. The van der Waals surface area contributed by atoms with Crippen LogP contribution in [0, 0.1) is 0 Å². The average molecular weight is 322 g/mol. The van der Waals surface area contributed by atoms with E-state index in [1.807, 2.05) is 0 Å². The summed E-state index contributed by atoms with van der Waals surface area (Å²) in [6.07, 6.45) is -16.7. The third kappa shape index (κ3) is 12.6. The van der Waals surface area contributed by atoms with Crippen LogP contribution < -0.4 is 0 Å². The van der Waals surface area contributed by atoms with E-state index in [4.69, 9.17) is 0 Å². The normalized spacial score (nSPS) is 16.7. The fourth-order valence-corrected chi connectivity index (χ4v) is 3.05. The molecule has 0 aliphatic rings. The lowest BCUT2D eigenvalue weighted by Crippen LogP contribution is -2.18. The van der Waals surface area contributed by atoms with Crippen LogP contribution in [0.3, 0.4) is 0 Å². The zero-order chi connectivity index (χ0) is 14.4. The van der Waals surface area contributed by atoms with E-state index in [9.17, 15) is 35.1 Å². The third-order valence-electron chi connectivity index (χ3n) is 1.49. The number of halogens is 8. The molecule has 0 aliphatic heterocycles. The van der Waals surface area contributed by atoms with Crippen molar-refractivity contribution in [3.05, 3.63) is 0 Å². The fraction of sp³-hybridized carbons (Fsp3) is 1.00. The highest BCUT2D eigenvalue weighted by Gasteiger charge is 2.33. The van der Waals surface area contributed by atoms with Crippen molar-refractivity contribution in [3.63, 3.8) is 0 Å². The van der Waals surface area contributed by atoms with E-state index in [1.165, 1.54) is 0 Å². The van der Waals surface area contributed by atoms with E-state index in [1.54, 1.807) is 0 Å². The molecule has 2 atom stereocenters. The van der Waals surface area contributed by atoms with Gasteiger partial charge in [0.2, 0.25) is 0 Å². The van der Waals surface area contributed by atoms with Crippen LogP contribution in [0.25, 0.3) is 0 Å². The summed E-state index contributed by atoms with van der Waals surface area (Å²) < 4.78 is 95.5. The van der Waals surface area contributed by atoms with Gasteiger partial charge in [0, 0.05) is 11.5 Å². The summed E-state index contributed by atoms with van der Waals surface area (Å²) in [5.74, 6) is -1.08. The summed E-state index contributed by atoms with van der Waals surface area (Å²) in [7, 11) is 1.18. The third-order valence-corrected chi connectivity index (χ3v) is 3.97. The largest absolute Gasteiger partial charge is 0.391 e. The molecule has 0 aromatic heterocycles. The monoisotopic (exact) mass is 322 g/mol. The molecule has 0 N–H and O–H groups in total. The minimum absolute atomic E-state index is 0.539. The molecule has 10 heteroatoms. The second kappa shape index (κ2) is 7.66. The SMILES string of the molecule is FC(CSSCC(F)CC(F)(F)F)CC(F)(F)F. The molecule has 110 valence electrons. The van der Waals surface area contributed by atoms with E-state index in [0.717, 1.165) is 0 Å². The molecule has 0 nitrogen and oxygen atoms in total. The van der Waals surface area contributed by atoms with Gasteiger partial charge in [0.15, 0.2) is 0 Å². The van der Waals surface area contributed by atoms with E-state index in [2.05, 4.69) is 0 Å². The van der Waals surface area contributed by atoms with Gasteiger partial charge < -0.3 is 0 Å². The van der Waals surface area contributed by atoms with Crippen molar-refractivity contribution in [1.29, 1.82) is 0 Å². The predicted molar refractivity (Wildman–Crippen MR) is 56.1 cm³/mol. The molecule has 0 spiro atoms. The lowest BCUT2D eigenvalue weighted by Gasteiger charge is -2.12. The van der Waals surface area contributed by atoms with Crippen LogP contribution in [0.5, 0.6) is 0 Å². The molecule has 0 rings (SSSR count). The molecule has 0 aromatic rings. The Morgan fingerprint density at radius 2 is 0.944 bits per heavy atom. The zero-order valence-electron chi connectivity index (χ0n) is 8.82. The maximum atomic E-state index is 12.7. The quantitative estimate of drug-likeness (QED) is 0.369. The van der Waals surface area contributed by atoms with Gasteiger partial charge in [-0.1, -0.05) is 21.6 Å². The Kier molecular flexibility index (Phi) is 7.72. The predicted octanol–water partition coefficient (Wildman–Crippen LogP) is 4.95. The topological polar surface area (TPSA) is 0 Å². The Labute approximate surface area is 106 Å². The summed E-state index contributed by atoms with van der Waals surface area (Å²) in [6.45, 7) is 0. The molecule has 0 fully saturated rings. The Morgan fingerprint density at radius 1 is 0.667 bits per heavy atom. The highest BCUT2D eigenvalue weighted by Crippen LogP contribution is 2.31. The van der Waals surface area contributed by atoms with E-state index < -0.39 is 49.0 Å². The molecule has 0 aliphatic carbocycles. The second-order valence-electron chi connectivity index (χ2n) is 3.40. The van der Waals surface area contributed by atoms with Gasteiger partial charge in [0.1, 0.15) is 12.3 Å². The highest BCUT2D eigenvalue weighted by atomic mass is 33.1. The molecular weight excluding hydrogens is 312 g/mol. The van der Waals surface area contributed by atoms with Crippen LogP contribution in [0.15, 0.2) is 0 Å². The highest BCUT2D eigenvalue weighted by molar-refractivity contribution is 8.76. The Balaban J connectivity index is 3.62. The number of hydrogen-bond acceptors (Lipinski definition) is 2. The molecule has 0 saturated heterocycles. The summed E-state index contributed by atoms with van der Waals surface area (Å²) in [5.41, 5.74) is 0. The van der Waals surface area contributed by atoms with Crippen LogP contribution in [0.4, 0.5) is 35.1 Å². The van der Waals surface area contributed by atoms with Gasteiger partial charge in [-0.2, -0.15) is 26.3 Å². The van der Waals surface area contributed by atoms with Crippen molar-refractivity contribution < 1.29 is 35.1 Å². The Morgan fingerprint density at radius 3 is 1.17 bits per heavy atom.